The van der Waals surface area contributed by atoms with Gasteiger partial charge in [-0.25, -0.2) is 0 Å². The van der Waals surface area contributed by atoms with Gasteiger partial charge in [-0.05, 0) is 42.0 Å². The molecule has 2 rings (SSSR count). The van der Waals surface area contributed by atoms with Gasteiger partial charge < -0.3 is 9.80 Å². The van der Waals surface area contributed by atoms with Crippen molar-refractivity contribution >= 4 is 69.7 Å². The third-order valence-corrected chi connectivity index (χ3v) is 4.93. The van der Waals surface area contributed by atoms with Crippen molar-refractivity contribution in [2.75, 3.05) is 59.5 Å². The molecule has 0 saturated carbocycles. The maximum Gasteiger partial charge on any atom is 0.0631 e. The molecule has 2 aromatic rings. The van der Waals surface area contributed by atoms with E-state index in [4.69, 9.17) is 46.4 Å². The van der Waals surface area contributed by atoms with Crippen molar-refractivity contribution in [1.82, 2.24) is 0 Å². The Balaban J connectivity index is 2.02. The summed E-state index contributed by atoms with van der Waals surface area (Å²) < 4.78 is 0. The molecule has 0 amide bonds. The van der Waals surface area contributed by atoms with Gasteiger partial charge in [0.15, 0.2) is 0 Å². The number of aliphatic imine (C=N–C) groups is 1. The van der Waals surface area contributed by atoms with Gasteiger partial charge in [-0.15, -0.1) is 46.4 Å². The zero-order valence-corrected chi connectivity index (χ0v) is 18.7. The van der Waals surface area contributed by atoms with Gasteiger partial charge in [-0.3, -0.25) is 4.99 Å². The average molecular weight is 461 g/mol. The van der Waals surface area contributed by atoms with Crippen molar-refractivity contribution in [3.05, 3.63) is 54.1 Å². The average Bonchev–Trinajstić information content (AvgIpc) is 2.73. The molecule has 0 atom stereocenters. The Morgan fingerprint density at radius 1 is 0.607 bits per heavy atom. The molecule has 0 aliphatic rings. The lowest BCUT2D eigenvalue weighted by molar-refractivity contribution is 0.874. The van der Waals surface area contributed by atoms with E-state index in [1.807, 2.05) is 42.6 Å². The number of rotatable bonds is 12. The van der Waals surface area contributed by atoms with Crippen LogP contribution in [0.1, 0.15) is 5.56 Å². The Labute approximate surface area is 187 Å². The van der Waals surface area contributed by atoms with E-state index in [1.54, 1.807) is 0 Å². The zero-order valence-electron chi connectivity index (χ0n) is 15.7. The first-order chi connectivity index (χ1) is 13.7. The number of alkyl halides is 4. The molecule has 0 bridgehead atoms. The van der Waals surface area contributed by atoms with E-state index in [0.717, 1.165) is 48.8 Å². The summed E-state index contributed by atoms with van der Waals surface area (Å²) in [7, 11) is 0. The molecule has 0 radical (unpaired) electrons. The van der Waals surface area contributed by atoms with Gasteiger partial charge in [0, 0.05) is 67.3 Å². The molecule has 0 fully saturated rings. The second-order valence-corrected chi connectivity index (χ2v) is 7.61. The summed E-state index contributed by atoms with van der Waals surface area (Å²) in [6.07, 6.45) is 1.86. The number of hydrogen-bond acceptors (Lipinski definition) is 3. The minimum absolute atomic E-state index is 0.569. The van der Waals surface area contributed by atoms with Gasteiger partial charge in [0.05, 0.1) is 5.69 Å². The van der Waals surface area contributed by atoms with Crippen molar-refractivity contribution in [3.8, 4) is 0 Å². The van der Waals surface area contributed by atoms with Crippen LogP contribution in [0.3, 0.4) is 0 Å². The first-order valence-electron chi connectivity index (χ1n) is 9.19. The highest BCUT2D eigenvalue weighted by Gasteiger charge is 2.06. The van der Waals surface area contributed by atoms with Crippen LogP contribution < -0.4 is 9.80 Å². The summed E-state index contributed by atoms with van der Waals surface area (Å²) in [6.45, 7) is 3.10. The number of nitrogens with zero attached hydrogens (tertiary/aromatic N) is 3. The summed E-state index contributed by atoms with van der Waals surface area (Å²) in [5, 5.41) is 0. The molecule has 0 N–H and O–H groups in total. The van der Waals surface area contributed by atoms with Crippen LogP contribution in [0, 0.1) is 0 Å². The molecule has 0 aromatic heterocycles. The van der Waals surface area contributed by atoms with Crippen molar-refractivity contribution in [3.63, 3.8) is 0 Å². The molecular weight excluding hydrogens is 436 g/mol. The maximum absolute atomic E-state index is 5.87. The molecule has 0 spiro atoms. The Bertz CT molecular complexity index is 631. The van der Waals surface area contributed by atoms with Gasteiger partial charge >= 0.3 is 0 Å². The first kappa shape index (κ1) is 23.2. The molecule has 0 aliphatic heterocycles. The minimum Gasteiger partial charge on any atom is -0.369 e. The molecule has 152 valence electrons. The molecule has 28 heavy (non-hydrogen) atoms. The normalized spacial score (nSPS) is 11.1. The van der Waals surface area contributed by atoms with Crippen molar-refractivity contribution in [1.29, 1.82) is 0 Å². The van der Waals surface area contributed by atoms with E-state index >= 15 is 0 Å². The summed E-state index contributed by atoms with van der Waals surface area (Å²) in [5.41, 5.74) is 4.15. The Hall–Kier alpha value is -1.13. The number of hydrogen-bond donors (Lipinski definition) is 0. The van der Waals surface area contributed by atoms with Gasteiger partial charge in [0.1, 0.15) is 0 Å². The van der Waals surface area contributed by atoms with Crippen molar-refractivity contribution in [2.24, 2.45) is 4.99 Å². The molecule has 7 heteroatoms. The van der Waals surface area contributed by atoms with E-state index in [-0.39, 0.29) is 0 Å². The molecule has 0 saturated heterocycles. The predicted octanol–water partition coefficient (Wildman–Crippen LogP) is 6.01. The predicted molar refractivity (Wildman–Crippen MR) is 127 cm³/mol. The summed E-state index contributed by atoms with van der Waals surface area (Å²) >= 11 is 23.5. The van der Waals surface area contributed by atoms with Crippen LogP contribution >= 0.6 is 46.4 Å². The monoisotopic (exact) mass is 459 g/mol. The summed E-state index contributed by atoms with van der Waals surface area (Å²) in [6, 6.07) is 16.3. The fraction of sp³-hybridized carbons (Fsp3) is 0.381. The quantitative estimate of drug-likeness (QED) is 0.285. The van der Waals surface area contributed by atoms with Crippen LogP contribution in [-0.4, -0.2) is 55.9 Å². The Kier molecular flexibility index (Phi) is 10.9. The third kappa shape index (κ3) is 7.36. The second kappa shape index (κ2) is 13.2. The molecular formula is C21H25Cl4N3. The lowest BCUT2D eigenvalue weighted by atomic mass is 10.2. The van der Waals surface area contributed by atoms with E-state index < -0.39 is 0 Å². The van der Waals surface area contributed by atoms with Crippen molar-refractivity contribution in [2.45, 2.75) is 0 Å². The smallest absolute Gasteiger partial charge is 0.0631 e. The van der Waals surface area contributed by atoms with Gasteiger partial charge in [-0.1, -0.05) is 12.1 Å². The van der Waals surface area contributed by atoms with E-state index in [9.17, 15) is 0 Å². The fourth-order valence-corrected chi connectivity index (χ4v) is 3.63. The standard InChI is InChI=1S/C21H25Cl4N3/c22-9-13-27(14-10-23)20-5-1-18(2-6-20)17-26-19-3-7-21(8-4-19)28(15-11-24)16-12-25/h1-8,17H,9-16H2. The first-order valence-corrected chi connectivity index (χ1v) is 11.3. The number of benzene rings is 2. The highest BCUT2D eigenvalue weighted by Crippen LogP contribution is 2.21. The van der Waals surface area contributed by atoms with Crippen LogP contribution in [0.5, 0.6) is 0 Å². The van der Waals surface area contributed by atoms with Crippen LogP contribution in [0.2, 0.25) is 0 Å². The highest BCUT2D eigenvalue weighted by atomic mass is 35.5. The molecule has 3 nitrogen and oxygen atoms in total. The van der Waals surface area contributed by atoms with Gasteiger partial charge in [0.25, 0.3) is 0 Å². The molecule has 0 heterocycles. The minimum atomic E-state index is 0.569. The number of halogens is 4. The van der Waals surface area contributed by atoms with E-state index in [2.05, 4.69) is 26.9 Å². The Morgan fingerprint density at radius 2 is 1.00 bits per heavy atom. The Morgan fingerprint density at radius 3 is 1.39 bits per heavy atom. The topological polar surface area (TPSA) is 18.8 Å². The highest BCUT2D eigenvalue weighted by molar-refractivity contribution is 6.19. The maximum atomic E-state index is 5.87. The third-order valence-electron chi connectivity index (χ3n) is 4.25. The summed E-state index contributed by atoms with van der Waals surface area (Å²) in [4.78, 5) is 8.90. The van der Waals surface area contributed by atoms with Gasteiger partial charge in [-0.2, -0.15) is 0 Å². The number of anilines is 2. The van der Waals surface area contributed by atoms with Crippen molar-refractivity contribution < 1.29 is 0 Å². The fourth-order valence-electron chi connectivity index (χ4n) is 2.82. The largest absolute Gasteiger partial charge is 0.369 e. The zero-order chi connectivity index (χ0) is 20.2. The van der Waals surface area contributed by atoms with Crippen LogP contribution in [-0.2, 0) is 0 Å². The lowest BCUT2D eigenvalue weighted by Crippen LogP contribution is -2.27. The van der Waals surface area contributed by atoms with E-state index in [0.29, 0.717) is 23.5 Å². The second-order valence-electron chi connectivity index (χ2n) is 6.10. The molecule has 2 aromatic carbocycles. The SMILES string of the molecule is ClCCN(CCCl)c1ccc(C=Nc2ccc(N(CCCl)CCCl)cc2)cc1. The molecule has 0 unspecified atom stereocenters. The lowest BCUT2D eigenvalue weighted by Gasteiger charge is -2.23. The van der Waals surface area contributed by atoms with Gasteiger partial charge in [0.2, 0.25) is 0 Å². The van der Waals surface area contributed by atoms with Crippen LogP contribution in [0.25, 0.3) is 0 Å². The van der Waals surface area contributed by atoms with Crippen LogP contribution in [0.4, 0.5) is 17.1 Å². The van der Waals surface area contributed by atoms with E-state index in [1.165, 1.54) is 0 Å². The van der Waals surface area contributed by atoms with Crippen LogP contribution in [0.15, 0.2) is 53.5 Å². The molecule has 0 aliphatic carbocycles. The summed E-state index contributed by atoms with van der Waals surface area (Å²) in [5.74, 6) is 2.28.